The molecule has 1 heterocycles. The second-order valence-electron chi connectivity index (χ2n) is 10.8. The first-order valence-electron chi connectivity index (χ1n) is 13.7. The predicted octanol–water partition coefficient (Wildman–Crippen LogP) is 5.69. The Bertz CT molecular complexity index is 1500. The van der Waals surface area contributed by atoms with Gasteiger partial charge in [-0.2, -0.15) is 0 Å². The van der Waals surface area contributed by atoms with Crippen LogP contribution in [0.3, 0.4) is 0 Å². The van der Waals surface area contributed by atoms with Crippen molar-refractivity contribution < 1.29 is 28.6 Å². The van der Waals surface area contributed by atoms with Crippen molar-refractivity contribution in [2.75, 3.05) is 19.1 Å². The van der Waals surface area contributed by atoms with Crippen LogP contribution in [0.15, 0.2) is 90.5 Å². The zero-order valence-electron chi connectivity index (χ0n) is 23.4. The summed E-state index contributed by atoms with van der Waals surface area (Å²) in [6.07, 6.45) is 3.78. The monoisotopic (exact) mass is 549 g/mol. The molecular formula is C34H31NO6. The van der Waals surface area contributed by atoms with E-state index in [9.17, 15) is 14.4 Å². The number of imide groups is 1. The predicted molar refractivity (Wildman–Crippen MR) is 155 cm³/mol. The summed E-state index contributed by atoms with van der Waals surface area (Å²) in [5.74, 6) is -1.25. The van der Waals surface area contributed by atoms with Gasteiger partial charge in [-0.25, -0.2) is 9.69 Å². The van der Waals surface area contributed by atoms with E-state index >= 15 is 0 Å². The number of methoxy groups -OCH3 is 2. The summed E-state index contributed by atoms with van der Waals surface area (Å²) in [6, 6.07) is 22.3. The molecular weight excluding hydrogens is 518 g/mol. The fourth-order valence-corrected chi connectivity index (χ4v) is 6.47. The van der Waals surface area contributed by atoms with Crippen molar-refractivity contribution in [1.82, 2.24) is 0 Å². The Hall–Kier alpha value is -4.65. The van der Waals surface area contributed by atoms with Crippen molar-refractivity contribution in [1.29, 1.82) is 0 Å². The molecule has 0 spiro atoms. The molecule has 1 saturated carbocycles. The van der Waals surface area contributed by atoms with E-state index in [1.807, 2.05) is 48.5 Å². The minimum absolute atomic E-state index is 0.205. The summed E-state index contributed by atoms with van der Waals surface area (Å²) in [5, 5.41) is 0. The lowest BCUT2D eigenvalue weighted by atomic mass is 9.85. The summed E-state index contributed by atoms with van der Waals surface area (Å²) in [5.41, 5.74) is 4.49. The summed E-state index contributed by atoms with van der Waals surface area (Å²) < 4.78 is 16.2. The number of esters is 1. The molecule has 2 bridgehead atoms. The minimum atomic E-state index is -0.559. The molecule has 0 unspecified atom stereocenters. The lowest BCUT2D eigenvalue weighted by Crippen LogP contribution is -2.34. The molecule has 2 amide bonds. The van der Waals surface area contributed by atoms with E-state index < -0.39 is 17.8 Å². The summed E-state index contributed by atoms with van der Waals surface area (Å²) in [4.78, 5) is 42.2. The molecule has 0 N–H and O–H groups in total. The lowest BCUT2D eigenvalue weighted by molar-refractivity contribution is -0.122. The zero-order chi connectivity index (χ0) is 28.8. The number of nitrogens with zero attached hydrogens (tertiary/aromatic N) is 1. The maximum Gasteiger partial charge on any atom is 0.340 e. The van der Waals surface area contributed by atoms with Crippen molar-refractivity contribution >= 4 is 29.0 Å². The van der Waals surface area contributed by atoms with Crippen LogP contribution in [0.1, 0.15) is 35.3 Å². The van der Waals surface area contributed by atoms with Crippen LogP contribution < -0.4 is 14.4 Å². The average molecular weight is 550 g/mol. The maximum absolute atomic E-state index is 14.1. The van der Waals surface area contributed by atoms with Crippen LogP contribution in [-0.2, 0) is 14.3 Å². The number of rotatable bonds is 7. The molecule has 3 aromatic carbocycles. The van der Waals surface area contributed by atoms with E-state index in [1.165, 1.54) is 4.90 Å². The lowest BCUT2D eigenvalue weighted by Gasteiger charge is -2.23. The minimum Gasteiger partial charge on any atom is -0.497 e. The second-order valence-corrected chi connectivity index (χ2v) is 10.8. The van der Waals surface area contributed by atoms with Crippen molar-refractivity contribution in [2.45, 2.75) is 20.0 Å². The highest BCUT2D eigenvalue weighted by molar-refractivity contribution is 6.25. The number of para-hydroxylation sites is 1. The first-order valence-corrected chi connectivity index (χ1v) is 13.7. The highest BCUT2D eigenvalue weighted by Crippen LogP contribution is 2.59. The molecule has 4 atom stereocenters. The number of ether oxygens (including phenoxy) is 3. The van der Waals surface area contributed by atoms with Crippen molar-refractivity contribution in [3.63, 3.8) is 0 Å². The first-order chi connectivity index (χ1) is 19.8. The summed E-state index contributed by atoms with van der Waals surface area (Å²) in [7, 11) is 3.26. The van der Waals surface area contributed by atoms with Crippen molar-refractivity contribution in [3.05, 3.63) is 107 Å². The van der Waals surface area contributed by atoms with Crippen LogP contribution in [0, 0.1) is 23.7 Å². The molecule has 3 aromatic rings. The molecule has 208 valence electrons. The third-order valence-electron chi connectivity index (χ3n) is 8.17. The van der Waals surface area contributed by atoms with Gasteiger partial charge >= 0.3 is 5.97 Å². The van der Waals surface area contributed by atoms with Crippen molar-refractivity contribution in [2.24, 2.45) is 23.7 Å². The summed E-state index contributed by atoms with van der Waals surface area (Å²) >= 11 is 0. The molecule has 7 heteroatoms. The number of benzene rings is 3. The van der Waals surface area contributed by atoms with Gasteiger partial charge in [0.1, 0.15) is 11.5 Å². The molecule has 0 aromatic heterocycles. The smallest absolute Gasteiger partial charge is 0.340 e. The van der Waals surface area contributed by atoms with Gasteiger partial charge in [-0.05, 0) is 72.5 Å². The van der Waals surface area contributed by atoms with E-state index in [4.69, 9.17) is 14.2 Å². The van der Waals surface area contributed by atoms with Gasteiger partial charge in [0.05, 0.1) is 43.4 Å². The number of amides is 2. The topological polar surface area (TPSA) is 82.1 Å². The van der Waals surface area contributed by atoms with Gasteiger partial charge in [0, 0.05) is 11.8 Å². The number of fused-ring (bicyclic) bond motifs is 5. The Morgan fingerprint density at radius 1 is 0.732 bits per heavy atom. The van der Waals surface area contributed by atoms with Gasteiger partial charge in [0.15, 0.2) is 0 Å². The number of hydrogen-bond acceptors (Lipinski definition) is 6. The Labute approximate surface area is 239 Å². The molecule has 2 fully saturated rings. The van der Waals surface area contributed by atoms with Gasteiger partial charge in [0.25, 0.3) is 0 Å². The number of hydrogen-bond donors (Lipinski definition) is 0. The molecule has 0 radical (unpaired) electrons. The largest absolute Gasteiger partial charge is 0.497 e. The van der Waals surface area contributed by atoms with Crippen LogP contribution in [0.2, 0.25) is 0 Å². The quantitative estimate of drug-likeness (QED) is 0.214. The Kier molecular flexibility index (Phi) is 6.73. The normalized spacial score (nSPS) is 22.4. The molecule has 7 nitrogen and oxygen atoms in total. The molecule has 6 rings (SSSR count). The van der Waals surface area contributed by atoms with Gasteiger partial charge in [-0.15, -0.1) is 0 Å². The van der Waals surface area contributed by atoms with Crippen LogP contribution in [0.25, 0.3) is 5.57 Å². The first kappa shape index (κ1) is 26.6. The Morgan fingerprint density at radius 3 is 1.68 bits per heavy atom. The third-order valence-corrected chi connectivity index (χ3v) is 8.17. The fourth-order valence-electron chi connectivity index (χ4n) is 6.47. The van der Waals surface area contributed by atoms with Crippen LogP contribution in [0.5, 0.6) is 11.5 Å². The van der Waals surface area contributed by atoms with Crippen LogP contribution in [0.4, 0.5) is 5.69 Å². The molecule has 1 saturated heterocycles. The Morgan fingerprint density at radius 2 is 1.22 bits per heavy atom. The SMILES string of the molecule is COc1ccc(C(=C2[C@H]3C=C[C@H]2[C@H]2C(=O)N(c4ccccc4C(=O)OC(C)C)C(=O)[C@H]23)c2ccc(OC)cc2)cc1. The molecule has 41 heavy (non-hydrogen) atoms. The van der Waals surface area contributed by atoms with E-state index in [0.717, 1.165) is 33.8 Å². The number of allylic oxidation sites excluding steroid dienone is 3. The Balaban J connectivity index is 1.44. The van der Waals surface area contributed by atoms with Crippen LogP contribution in [-0.4, -0.2) is 38.1 Å². The van der Waals surface area contributed by atoms with E-state index in [2.05, 4.69) is 12.2 Å². The van der Waals surface area contributed by atoms with E-state index in [1.54, 1.807) is 52.3 Å². The van der Waals surface area contributed by atoms with E-state index in [-0.39, 0.29) is 41.0 Å². The fraction of sp³-hybridized carbons (Fsp3) is 0.265. The standard InChI is InChI=1S/C34H31NO6/c1-19(2)41-34(38)24-7-5-6-8-27(24)35-32(36)30-25-17-18-26(31(30)33(35)37)29(25)28(20-9-13-22(39-3)14-10-20)21-11-15-23(40-4)16-12-21/h5-19,25-26,30-31H,1-4H3/t25-,26-,30-,31+/m1/s1. The summed E-state index contributed by atoms with van der Waals surface area (Å²) in [6.45, 7) is 3.52. The number of carbonyl (C=O) groups excluding carboxylic acids is 3. The van der Waals surface area contributed by atoms with E-state index in [0.29, 0.717) is 0 Å². The second kappa shape index (κ2) is 10.4. The maximum atomic E-state index is 14.1. The highest BCUT2D eigenvalue weighted by atomic mass is 16.5. The third kappa shape index (κ3) is 4.32. The van der Waals surface area contributed by atoms with Gasteiger partial charge in [-0.3, -0.25) is 9.59 Å². The van der Waals surface area contributed by atoms with Gasteiger partial charge in [0.2, 0.25) is 11.8 Å². The average Bonchev–Trinajstić information content (AvgIpc) is 3.62. The van der Waals surface area contributed by atoms with Gasteiger partial charge in [-0.1, -0.05) is 48.6 Å². The van der Waals surface area contributed by atoms with Crippen molar-refractivity contribution in [3.8, 4) is 11.5 Å². The number of anilines is 1. The van der Waals surface area contributed by atoms with Crippen LogP contribution >= 0.6 is 0 Å². The zero-order valence-corrected chi connectivity index (χ0v) is 23.4. The molecule has 1 aliphatic heterocycles. The van der Waals surface area contributed by atoms with Gasteiger partial charge < -0.3 is 14.2 Å². The highest BCUT2D eigenvalue weighted by Gasteiger charge is 2.62. The molecule has 2 aliphatic carbocycles. The number of carbonyl (C=O) groups is 3. The molecule has 3 aliphatic rings.